The summed E-state index contributed by atoms with van der Waals surface area (Å²) in [5, 5.41) is 3.85. The summed E-state index contributed by atoms with van der Waals surface area (Å²) in [5.74, 6) is 0.195. The number of thiophene rings is 1. The number of carbonyl (C=O) groups is 1. The molecule has 2 nitrogen and oxygen atoms in total. The van der Waals surface area contributed by atoms with E-state index < -0.39 is 0 Å². The number of rotatable bonds is 2. The molecule has 0 saturated heterocycles. The van der Waals surface area contributed by atoms with E-state index in [1.165, 1.54) is 0 Å². The zero-order valence-corrected chi connectivity index (χ0v) is 11.0. The first-order valence-electron chi connectivity index (χ1n) is 5.08. The number of Topliss-reactive ketones (excluding diaryl/α,β-unsaturated/α-hetero) is 1. The van der Waals surface area contributed by atoms with Crippen molar-refractivity contribution in [2.75, 3.05) is 0 Å². The first-order valence-corrected chi connectivity index (χ1v) is 6.81. The van der Waals surface area contributed by atoms with Crippen molar-refractivity contribution in [3.63, 3.8) is 0 Å². The molecular formula is C11H14BrNOS. The molecule has 1 heterocycles. The summed E-state index contributed by atoms with van der Waals surface area (Å²) in [7, 11) is 0. The molecule has 1 aromatic heterocycles. The summed E-state index contributed by atoms with van der Waals surface area (Å²) in [6.45, 7) is 2.00. The van der Waals surface area contributed by atoms with Crippen LogP contribution in [0.25, 0.3) is 0 Å². The summed E-state index contributed by atoms with van der Waals surface area (Å²) < 4.78 is 0.901. The van der Waals surface area contributed by atoms with E-state index in [1.54, 1.807) is 11.3 Å². The first kappa shape index (κ1) is 11.3. The Kier molecular flexibility index (Phi) is 3.01. The zero-order valence-electron chi connectivity index (χ0n) is 8.63. The average Bonchev–Trinajstić information content (AvgIpc) is 2.75. The van der Waals surface area contributed by atoms with Crippen LogP contribution in [0.2, 0.25) is 0 Å². The van der Waals surface area contributed by atoms with Crippen LogP contribution in [-0.4, -0.2) is 11.8 Å². The van der Waals surface area contributed by atoms with Gasteiger partial charge in [-0.15, -0.1) is 0 Å². The van der Waals surface area contributed by atoms with Gasteiger partial charge >= 0.3 is 0 Å². The standard InChI is InChI=1S/C11H14BrNOS/c1-11(4-2-3-9(11)13)10(14)7-5-15-6-8(7)12/h5-6,9H,2-4,13H2,1H3. The quantitative estimate of drug-likeness (QED) is 0.849. The van der Waals surface area contributed by atoms with Crippen LogP contribution in [0.4, 0.5) is 0 Å². The molecule has 1 aliphatic carbocycles. The molecule has 0 aromatic carbocycles. The Morgan fingerprint density at radius 2 is 2.40 bits per heavy atom. The van der Waals surface area contributed by atoms with Gasteiger partial charge in [-0.05, 0) is 28.8 Å². The van der Waals surface area contributed by atoms with Gasteiger partial charge in [0.1, 0.15) is 0 Å². The number of carbonyl (C=O) groups excluding carboxylic acids is 1. The van der Waals surface area contributed by atoms with E-state index in [0.29, 0.717) is 0 Å². The second-order valence-electron chi connectivity index (χ2n) is 4.38. The number of ketones is 1. The molecule has 1 saturated carbocycles. The van der Waals surface area contributed by atoms with Gasteiger partial charge in [-0.3, -0.25) is 4.79 Å². The summed E-state index contributed by atoms with van der Waals surface area (Å²) in [6, 6.07) is 0.0109. The van der Waals surface area contributed by atoms with E-state index in [-0.39, 0.29) is 17.2 Å². The third-order valence-corrected chi connectivity index (χ3v) is 5.11. The highest BCUT2D eigenvalue weighted by molar-refractivity contribution is 9.10. The molecule has 2 N–H and O–H groups in total. The van der Waals surface area contributed by atoms with Crippen LogP contribution in [-0.2, 0) is 0 Å². The highest BCUT2D eigenvalue weighted by Crippen LogP contribution is 2.41. The lowest BCUT2D eigenvalue weighted by atomic mass is 9.78. The molecule has 0 aliphatic heterocycles. The lowest BCUT2D eigenvalue weighted by molar-refractivity contribution is 0.0802. The molecule has 2 unspecified atom stereocenters. The maximum Gasteiger partial charge on any atom is 0.172 e. The van der Waals surface area contributed by atoms with Crippen molar-refractivity contribution < 1.29 is 4.79 Å². The van der Waals surface area contributed by atoms with E-state index >= 15 is 0 Å². The molecule has 2 rings (SSSR count). The molecule has 0 amide bonds. The second kappa shape index (κ2) is 4.00. The highest BCUT2D eigenvalue weighted by atomic mass is 79.9. The normalized spacial score (nSPS) is 30.7. The Balaban J connectivity index is 2.32. The van der Waals surface area contributed by atoms with Crippen LogP contribution < -0.4 is 5.73 Å². The summed E-state index contributed by atoms with van der Waals surface area (Å²) in [6.07, 6.45) is 2.93. The van der Waals surface area contributed by atoms with Gasteiger partial charge in [-0.25, -0.2) is 0 Å². The second-order valence-corrected chi connectivity index (χ2v) is 5.98. The van der Waals surface area contributed by atoms with Crippen molar-refractivity contribution >= 4 is 33.0 Å². The summed E-state index contributed by atoms with van der Waals surface area (Å²) >= 11 is 4.95. The molecule has 0 radical (unpaired) electrons. The van der Waals surface area contributed by atoms with Crippen LogP contribution in [0.1, 0.15) is 36.5 Å². The van der Waals surface area contributed by atoms with E-state index in [9.17, 15) is 4.79 Å². The molecule has 15 heavy (non-hydrogen) atoms. The predicted molar refractivity (Wildman–Crippen MR) is 66.3 cm³/mol. The first-order chi connectivity index (χ1) is 7.05. The van der Waals surface area contributed by atoms with Crippen molar-refractivity contribution in [2.24, 2.45) is 11.1 Å². The van der Waals surface area contributed by atoms with Crippen molar-refractivity contribution in [2.45, 2.75) is 32.2 Å². The van der Waals surface area contributed by atoms with E-state index in [2.05, 4.69) is 15.9 Å². The van der Waals surface area contributed by atoms with Crippen LogP contribution in [0, 0.1) is 5.41 Å². The molecule has 82 valence electrons. The SMILES string of the molecule is CC1(C(=O)c2cscc2Br)CCCC1N. The van der Waals surface area contributed by atoms with E-state index in [1.807, 2.05) is 17.7 Å². The van der Waals surface area contributed by atoms with Crippen LogP contribution in [0.15, 0.2) is 15.2 Å². The maximum absolute atomic E-state index is 12.4. The molecule has 4 heteroatoms. The largest absolute Gasteiger partial charge is 0.327 e. The van der Waals surface area contributed by atoms with Gasteiger partial charge in [-0.1, -0.05) is 13.3 Å². The average molecular weight is 288 g/mol. The molecule has 0 bridgehead atoms. The molecule has 2 atom stereocenters. The van der Waals surface area contributed by atoms with Crippen molar-refractivity contribution in [1.29, 1.82) is 0 Å². The van der Waals surface area contributed by atoms with Gasteiger partial charge in [0.05, 0.1) is 0 Å². The number of halogens is 1. The van der Waals surface area contributed by atoms with Gasteiger partial charge in [0, 0.05) is 32.3 Å². The number of hydrogen-bond acceptors (Lipinski definition) is 3. The fraction of sp³-hybridized carbons (Fsp3) is 0.545. The molecule has 0 spiro atoms. The molecule has 1 aliphatic rings. The number of nitrogens with two attached hydrogens (primary N) is 1. The minimum absolute atomic E-state index is 0.0109. The topological polar surface area (TPSA) is 43.1 Å². The van der Waals surface area contributed by atoms with Crippen LogP contribution in [0.5, 0.6) is 0 Å². The monoisotopic (exact) mass is 287 g/mol. The Morgan fingerprint density at radius 3 is 2.87 bits per heavy atom. The maximum atomic E-state index is 12.4. The lowest BCUT2D eigenvalue weighted by Crippen LogP contribution is -2.41. The van der Waals surface area contributed by atoms with Crippen molar-refractivity contribution in [3.8, 4) is 0 Å². The minimum atomic E-state index is -0.358. The predicted octanol–water partition coefficient (Wildman–Crippen LogP) is 3.21. The van der Waals surface area contributed by atoms with E-state index in [4.69, 9.17) is 5.73 Å². The van der Waals surface area contributed by atoms with Gasteiger partial charge in [0.2, 0.25) is 0 Å². The summed E-state index contributed by atoms with van der Waals surface area (Å²) in [5.41, 5.74) is 6.47. The minimum Gasteiger partial charge on any atom is -0.327 e. The Labute approximate surface area is 102 Å². The van der Waals surface area contributed by atoms with E-state index in [0.717, 1.165) is 29.3 Å². The van der Waals surface area contributed by atoms with Crippen molar-refractivity contribution in [3.05, 3.63) is 20.8 Å². The fourth-order valence-corrected chi connectivity index (χ4v) is 3.68. The van der Waals surface area contributed by atoms with Crippen LogP contribution >= 0.6 is 27.3 Å². The fourth-order valence-electron chi connectivity index (χ4n) is 2.23. The van der Waals surface area contributed by atoms with Gasteiger partial charge < -0.3 is 5.73 Å². The van der Waals surface area contributed by atoms with Gasteiger partial charge in [0.15, 0.2) is 5.78 Å². The molecular weight excluding hydrogens is 274 g/mol. The van der Waals surface area contributed by atoms with Gasteiger partial charge in [0.25, 0.3) is 0 Å². The number of hydrogen-bond donors (Lipinski definition) is 1. The Morgan fingerprint density at radius 1 is 1.67 bits per heavy atom. The summed E-state index contributed by atoms with van der Waals surface area (Å²) in [4.78, 5) is 12.4. The smallest absolute Gasteiger partial charge is 0.172 e. The third-order valence-electron chi connectivity index (χ3n) is 3.41. The Hall–Kier alpha value is -0.190. The van der Waals surface area contributed by atoms with Crippen molar-refractivity contribution in [1.82, 2.24) is 0 Å². The molecule has 1 aromatic rings. The lowest BCUT2D eigenvalue weighted by Gasteiger charge is -2.27. The van der Waals surface area contributed by atoms with Gasteiger partial charge in [-0.2, -0.15) is 11.3 Å². The third kappa shape index (κ3) is 1.79. The van der Waals surface area contributed by atoms with Crippen LogP contribution in [0.3, 0.4) is 0 Å². The molecule has 1 fully saturated rings. The Bertz CT molecular complexity index is 390. The highest BCUT2D eigenvalue weighted by Gasteiger charge is 2.43. The zero-order chi connectivity index (χ0) is 11.1.